The molecule has 2 heterocycles. The van der Waals surface area contributed by atoms with E-state index in [1.807, 2.05) is 0 Å². The number of halogens is 1. The Balaban J connectivity index is 1.51. The van der Waals surface area contributed by atoms with Crippen molar-refractivity contribution in [1.29, 1.82) is 0 Å². The Morgan fingerprint density at radius 1 is 1.28 bits per heavy atom. The summed E-state index contributed by atoms with van der Waals surface area (Å²) in [5.41, 5.74) is 5.90. The Labute approximate surface area is 151 Å². The zero-order valence-corrected chi connectivity index (χ0v) is 14.4. The van der Waals surface area contributed by atoms with Gasteiger partial charge in [-0.3, -0.25) is 4.79 Å². The number of rotatable bonds is 5. The first-order valence-corrected chi connectivity index (χ1v) is 8.53. The van der Waals surface area contributed by atoms with Gasteiger partial charge in [0.2, 0.25) is 5.91 Å². The van der Waals surface area contributed by atoms with Gasteiger partial charge in [-0.1, -0.05) is 11.6 Å². The summed E-state index contributed by atoms with van der Waals surface area (Å²) in [7, 11) is 0. The van der Waals surface area contributed by atoms with Crippen molar-refractivity contribution in [3.05, 3.63) is 47.6 Å². The molecule has 1 aromatic heterocycles. The molecule has 0 spiro atoms. The molecule has 2 aromatic rings. The van der Waals surface area contributed by atoms with Gasteiger partial charge in [-0.25, -0.2) is 4.98 Å². The normalized spacial score (nSPS) is 20.1. The number of nitrogens with zero attached hydrogens (tertiary/aromatic N) is 1. The monoisotopic (exact) mass is 361 g/mol. The molecule has 1 fully saturated rings. The summed E-state index contributed by atoms with van der Waals surface area (Å²) in [4.78, 5) is 16.3. The van der Waals surface area contributed by atoms with Gasteiger partial charge in [-0.15, -0.1) is 0 Å². The Bertz CT molecular complexity index is 707. The molecule has 1 aliphatic rings. The molecule has 1 aromatic carbocycles. The molecule has 0 bridgehead atoms. The molecule has 0 radical (unpaired) electrons. The number of benzene rings is 1. The van der Waals surface area contributed by atoms with Gasteiger partial charge in [0.15, 0.2) is 0 Å². The fraction of sp³-hybridized carbons (Fsp3) is 0.333. The third kappa shape index (κ3) is 5.42. The number of hydrogen-bond donors (Lipinski definition) is 2. The van der Waals surface area contributed by atoms with Gasteiger partial charge in [-0.2, -0.15) is 0 Å². The minimum atomic E-state index is -0.141. The van der Waals surface area contributed by atoms with E-state index >= 15 is 0 Å². The zero-order chi connectivity index (χ0) is 17.6. The van der Waals surface area contributed by atoms with E-state index in [0.717, 1.165) is 6.42 Å². The third-order valence-corrected chi connectivity index (χ3v) is 4.13. The van der Waals surface area contributed by atoms with Crippen molar-refractivity contribution in [1.82, 2.24) is 4.98 Å². The molecule has 132 valence electrons. The molecular formula is C18H20ClN3O3. The van der Waals surface area contributed by atoms with E-state index in [4.69, 9.17) is 26.8 Å². The van der Waals surface area contributed by atoms with Crippen LogP contribution in [0.2, 0.25) is 5.02 Å². The van der Waals surface area contributed by atoms with Crippen molar-refractivity contribution in [2.75, 3.05) is 11.9 Å². The highest BCUT2D eigenvalue weighted by molar-refractivity contribution is 6.30. The number of ether oxygens (including phenoxy) is 2. The first-order chi connectivity index (χ1) is 12.1. The zero-order valence-electron chi connectivity index (χ0n) is 13.7. The van der Waals surface area contributed by atoms with Gasteiger partial charge >= 0.3 is 0 Å². The van der Waals surface area contributed by atoms with Crippen LogP contribution in [0.3, 0.4) is 0 Å². The van der Waals surface area contributed by atoms with Crippen LogP contribution in [0, 0.1) is 0 Å². The highest BCUT2D eigenvalue weighted by Gasteiger charge is 2.22. The molecule has 0 aliphatic carbocycles. The van der Waals surface area contributed by atoms with Crippen molar-refractivity contribution < 1.29 is 14.3 Å². The average Bonchev–Trinajstić information content (AvgIpc) is 2.59. The topological polar surface area (TPSA) is 86.5 Å². The molecule has 3 N–H and O–H groups in total. The van der Waals surface area contributed by atoms with Crippen LogP contribution in [0.4, 0.5) is 5.82 Å². The smallest absolute Gasteiger partial charge is 0.228 e. The van der Waals surface area contributed by atoms with E-state index in [2.05, 4.69) is 10.3 Å². The number of amides is 1. The van der Waals surface area contributed by atoms with E-state index in [1.165, 1.54) is 0 Å². The first-order valence-electron chi connectivity index (χ1n) is 8.15. The van der Waals surface area contributed by atoms with Crippen molar-refractivity contribution in [2.45, 2.75) is 31.4 Å². The predicted octanol–water partition coefficient (Wildman–Crippen LogP) is 3.36. The van der Waals surface area contributed by atoms with Crippen LogP contribution in [0.1, 0.15) is 19.3 Å². The van der Waals surface area contributed by atoms with E-state index in [-0.39, 0.29) is 24.5 Å². The summed E-state index contributed by atoms with van der Waals surface area (Å²) < 4.78 is 11.2. The second-order valence-electron chi connectivity index (χ2n) is 5.96. The van der Waals surface area contributed by atoms with E-state index < -0.39 is 0 Å². The predicted molar refractivity (Wildman–Crippen MR) is 96.0 cm³/mol. The lowest BCUT2D eigenvalue weighted by molar-refractivity contribution is -0.120. The number of pyridine rings is 1. The maximum Gasteiger partial charge on any atom is 0.228 e. The second-order valence-corrected chi connectivity index (χ2v) is 6.40. The van der Waals surface area contributed by atoms with Crippen molar-refractivity contribution in [3.8, 4) is 11.5 Å². The number of aromatic nitrogens is 1. The highest BCUT2D eigenvalue weighted by Crippen LogP contribution is 2.23. The number of anilines is 1. The summed E-state index contributed by atoms with van der Waals surface area (Å²) in [6.07, 6.45) is 3.25. The molecule has 1 amide bonds. The lowest BCUT2D eigenvalue weighted by atomic mass is 10.0. The van der Waals surface area contributed by atoms with Crippen LogP contribution < -0.4 is 15.8 Å². The lowest BCUT2D eigenvalue weighted by Crippen LogP contribution is -2.36. The SMILES string of the molecule is NC1CCOC(CC(=O)Nc2ccc(Oc3ccc(Cl)cc3)cn2)C1. The molecular weight excluding hydrogens is 342 g/mol. The summed E-state index contributed by atoms with van der Waals surface area (Å²) in [5, 5.41) is 3.40. The first kappa shape index (κ1) is 17.7. The fourth-order valence-electron chi connectivity index (χ4n) is 2.61. The fourth-order valence-corrected chi connectivity index (χ4v) is 2.73. The number of carbonyl (C=O) groups excluding carboxylic acids is 1. The van der Waals surface area contributed by atoms with Gasteiger partial charge in [0, 0.05) is 17.7 Å². The number of carbonyl (C=O) groups is 1. The standard InChI is InChI=1S/C18H20ClN3O3/c19-12-1-3-14(4-2-12)25-15-5-6-17(21-11-15)22-18(23)10-16-9-13(20)7-8-24-16/h1-6,11,13,16H,7-10,20H2,(H,21,22,23). The van der Waals surface area contributed by atoms with Crippen LogP contribution in [0.25, 0.3) is 0 Å². The quantitative estimate of drug-likeness (QED) is 0.852. The minimum Gasteiger partial charge on any atom is -0.456 e. The Morgan fingerprint density at radius 3 is 2.72 bits per heavy atom. The maximum absolute atomic E-state index is 12.1. The molecule has 6 nitrogen and oxygen atoms in total. The highest BCUT2D eigenvalue weighted by atomic mass is 35.5. The van der Waals surface area contributed by atoms with Crippen LogP contribution in [0.15, 0.2) is 42.6 Å². The van der Waals surface area contributed by atoms with Crippen molar-refractivity contribution >= 4 is 23.3 Å². The van der Waals surface area contributed by atoms with Crippen molar-refractivity contribution in [2.24, 2.45) is 5.73 Å². The van der Waals surface area contributed by atoms with Gasteiger partial charge in [0.25, 0.3) is 0 Å². The van der Waals surface area contributed by atoms with Gasteiger partial charge in [-0.05, 0) is 49.2 Å². The second kappa shape index (κ2) is 8.29. The Hall–Kier alpha value is -2.15. The Morgan fingerprint density at radius 2 is 2.04 bits per heavy atom. The summed E-state index contributed by atoms with van der Waals surface area (Å²) in [6, 6.07) is 10.6. The molecule has 2 unspecified atom stereocenters. The third-order valence-electron chi connectivity index (χ3n) is 3.87. The average molecular weight is 362 g/mol. The minimum absolute atomic E-state index is 0.106. The number of nitrogens with two attached hydrogens (primary N) is 1. The number of nitrogens with one attached hydrogen (secondary N) is 1. The van der Waals surface area contributed by atoms with E-state index in [1.54, 1.807) is 42.6 Å². The Kier molecular flexibility index (Phi) is 5.86. The molecule has 1 saturated heterocycles. The van der Waals surface area contributed by atoms with Gasteiger partial charge in [0.05, 0.1) is 18.7 Å². The van der Waals surface area contributed by atoms with Gasteiger partial charge in [0.1, 0.15) is 17.3 Å². The lowest BCUT2D eigenvalue weighted by Gasteiger charge is -2.26. The molecule has 0 saturated carbocycles. The molecule has 25 heavy (non-hydrogen) atoms. The van der Waals surface area contributed by atoms with E-state index in [0.29, 0.717) is 35.4 Å². The van der Waals surface area contributed by atoms with Crippen LogP contribution in [0.5, 0.6) is 11.5 Å². The summed E-state index contributed by atoms with van der Waals surface area (Å²) in [6.45, 7) is 0.605. The van der Waals surface area contributed by atoms with Crippen molar-refractivity contribution in [3.63, 3.8) is 0 Å². The molecule has 7 heteroatoms. The van der Waals surface area contributed by atoms with E-state index in [9.17, 15) is 4.79 Å². The summed E-state index contributed by atoms with van der Waals surface area (Å²) >= 11 is 5.84. The summed E-state index contributed by atoms with van der Waals surface area (Å²) in [5.74, 6) is 1.56. The molecule has 1 aliphatic heterocycles. The van der Waals surface area contributed by atoms with Crippen LogP contribution >= 0.6 is 11.6 Å². The molecule has 2 atom stereocenters. The van der Waals surface area contributed by atoms with Crippen LogP contribution in [-0.2, 0) is 9.53 Å². The van der Waals surface area contributed by atoms with Crippen LogP contribution in [-0.4, -0.2) is 29.6 Å². The largest absolute Gasteiger partial charge is 0.456 e. The molecule has 3 rings (SSSR count). The van der Waals surface area contributed by atoms with Gasteiger partial charge < -0.3 is 20.5 Å². The maximum atomic E-state index is 12.1. The number of hydrogen-bond acceptors (Lipinski definition) is 5.